The van der Waals surface area contributed by atoms with Crippen LogP contribution in [0, 0.1) is 0 Å². The number of ether oxygens (including phenoxy) is 5. The zero-order chi connectivity index (χ0) is 36.1. The molecule has 0 aromatic carbocycles. The predicted octanol–water partition coefficient (Wildman–Crippen LogP) is -0.637. The van der Waals surface area contributed by atoms with Gasteiger partial charge >= 0.3 is 17.3 Å². The molecule has 276 valence electrons. The van der Waals surface area contributed by atoms with Crippen LogP contribution in [0.4, 0.5) is 0 Å². The van der Waals surface area contributed by atoms with Gasteiger partial charge in [-0.05, 0) is 12.2 Å². The Labute approximate surface area is 298 Å². The Hall–Kier alpha value is -3.61. The number of amides is 1. The van der Waals surface area contributed by atoms with E-state index in [1.54, 1.807) is 47.6 Å². The fourth-order valence-corrected chi connectivity index (χ4v) is 6.16. The van der Waals surface area contributed by atoms with Crippen molar-refractivity contribution < 1.29 is 33.3 Å². The highest BCUT2D eigenvalue weighted by Crippen LogP contribution is 2.20. The molecular formula is C27H41N11O9S3. The van der Waals surface area contributed by atoms with Gasteiger partial charge in [-0.2, -0.15) is 21.1 Å². The topological polar surface area (TPSA) is 222 Å². The molecule has 1 N–H and O–H groups in total. The van der Waals surface area contributed by atoms with Crippen LogP contribution in [-0.2, 0) is 37.8 Å². The first-order valence-electron chi connectivity index (χ1n) is 15.2. The third kappa shape index (κ3) is 12.9. The molecule has 4 aromatic rings. The van der Waals surface area contributed by atoms with Gasteiger partial charge < -0.3 is 29.0 Å². The van der Waals surface area contributed by atoms with Gasteiger partial charge in [-0.25, -0.2) is 33.2 Å². The first-order chi connectivity index (χ1) is 24.3. The van der Waals surface area contributed by atoms with Crippen LogP contribution in [0.25, 0.3) is 11.3 Å². The molecule has 4 heterocycles. The number of hydrogen-bond acceptors (Lipinski definition) is 18. The number of nitrogens with zero attached hydrogens (tertiary/aromatic N) is 10. The zero-order valence-electron chi connectivity index (χ0n) is 28.2. The minimum absolute atomic E-state index is 0.0191. The van der Waals surface area contributed by atoms with E-state index in [1.807, 2.05) is 0 Å². The number of rotatable bonds is 22. The summed E-state index contributed by atoms with van der Waals surface area (Å²) < 4.78 is 30.1. The van der Waals surface area contributed by atoms with Crippen molar-refractivity contribution in [1.29, 1.82) is 0 Å². The summed E-state index contributed by atoms with van der Waals surface area (Å²) in [5.41, 5.74) is -0.512. The summed E-state index contributed by atoms with van der Waals surface area (Å²) in [5, 5.41) is 17.7. The first kappa shape index (κ1) is 40.8. The fourth-order valence-electron chi connectivity index (χ4n) is 3.68. The summed E-state index contributed by atoms with van der Waals surface area (Å²) in [4.78, 5) is 55.7. The van der Waals surface area contributed by atoms with E-state index in [4.69, 9.17) is 23.7 Å². The molecule has 23 heteroatoms. The number of thioether (sulfide) groups is 1. The number of nitrogens with one attached hydrogen (secondary N) is 1. The summed E-state index contributed by atoms with van der Waals surface area (Å²) in [7, 11) is 9.45. The molecule has 50 heavy (non-hydrogen) atoms. The molecule has 0 aliphatic rings. The van der Waals surface area contributed by atoms with E-state index in [-0.39, 0.29) is 35.2 Å². The maximum atomic E-state index is 12.1. The largest absolute Gasteiger partial charge is 0.460 e. The minimum Gasteiger partial charge on any atom is -0.460 e. The first-order valence-corrected chi connectivity index (χ1v) is 18.9. The number of aromatic nitrogens is 10. The number of methoxy groups -OCH3 is 2. The Kier molecular flexibility index (Phi) is 18.8. The normalized spacial score (nSPS) is 11.1. The molecule has 0 radical (unpaired) electrons. The van der Waals surface area contributed by atoms with Crippen LogP contribution in [0.1, 0.15) is 27.4 Å². The molecule has 4 rings (SSSR count). The molecule has 0 aliphatic heterocycles. The van der Waals surface area contributed by atoms with Crippen LogP contribution >= 0.6 is 33.3 Å². The van der Waals surface area contributed by atoms with Gasteiger partial charge in [0.25, 0.3) is 5.91 Å². The van der Waals surface area contributed by atoms with E-state index >= 15 is 0 Å². The molecule has 0 bridgehead atoms. The second-order valence-corrected chi connectivity index (χ2v) is 13.7. The molecular weight excluding hydrogens is 719 g/mol. The number of esters is 1. The summed E-state index contributed by atoms with van der Waals surface area (Å²) in [5.74, 6) is 2.30. The lowest BCUT2D eigenvalue weighted by molar-refractivity contribution is 0.0526. The van der Waals surface area contributed by atoms with Crippen molar-refractivity contribution >= 4 is 56.5 Å². The van der Waals surface area contributed by atoms with Gasteiger partial charge in [-0.15, -0.1) is 10.2 Å². The number of carbonyl (C=O) groups is 2. The standard InChI is InChI=1S/C14H22N6O4S.C13H19N5O5S2/c1-19-14(22)20-10-16-11(12(20)17-18-19)13(21)15-4-3-8-25-9-7-24-6-5-23-2;1-17-13(20)18-9-14-10(11(18)15-16-17)12(19)23-6-8-25-24-7-5-22-4-3-21-2/h10H,3-9H2,1-2H3,(H,15,21);9H,3-8H2,1-2H3. The average Bonchev–Trinajstić information content (AvgIpc) is 3.76. The third-order valence-corrected chi connectivity index (χ3v) is 9.55. The second-order valence-electron chi connectivity index (χ2n) is 9.78. The predicted molar refractivity (Wildman–Crippen MR) is 187 cm³/mol. The van der Waals surface area contributed by atoms with Crippen molar-refractivity contribution in [3.05, 3.63) is 45.0 Å². The smallest absolute Gasteiger partial charge is 0.361 e. The van der Waals surface area contributed by atoms with Gasteiger partial charge in [0, 0.05) is 52.1 Å². The Bertz CT molecular complexity index is 1620. The lowest BCUT2D eigenvalue weighted by Crippen LogP contribution is -2.29. The molecule has 0 unspecified atom stereocenters. The number of imidazole rings is 2. The summed E-state index contributed by atoms with van der Waals surface area (Å²) in [6.07, 6.45) is 3.34. The molecule has 0 spiro atoms. The number of fused-ring (bicyclic) bond motifs is 2. The summed E-state index contributed by atoms with van der Waals surface area (Å²) in [6, 6.07) is 0. The maximum absolute atomic E-state index is 12.1. The van der Waals surface area contributed by atoms with Gasteiger partial charge in [0.05, 0.1) is 39.6 Å². The summed E-state index contributed by atoms with van der Waals surface area (Å²) in [6.45, 7) is 4.49. The molecule has 0 aliphatic carbocycles. The van der Waals surface area contributed by atoms with Crippen LogP contribution in [0.15, 0.2) is 22.2 Å². The van der Waals surface area contributed by atoms with Crippen molar-refractivity contribution in [2.75, 3.05) is 90.0 Å². The van der Waals surface area contributed by atoms with E-state index < -0.39 is 17.3 Å². The average molecular weight is 760 g/mol. The monoisotopic (exact) mass is 759 g/mol. The summed E-state index contributed by atoms with van der Waals surface area (Å²) >= 11 is 1.76. The van der Waals surface area contributed by atoms with E-state index in [1.165, 1.54) is 31.2 Å². The maximum Gasteiger partial charge on any atom is 0.361 e. The molecule has 1 amide bonds. The van der Waals surface area contributed by atoms with Gasteiger partial charge in [-0.1, -0.05) is 32.0 Å². The number of hydrogen-bond donors (Lipinski definition) is 1. The third-order valence-electron chi connectivity index (χ3n) is 6.19. The van der Waals surface area contributed by atoms with Gasteiger partial charge in [0.1, 0.15) is 19.3 Å². The minimum atomic E-state index is -0.626. The SMILES string of the molecule is COCCOCCSCCCNC(=O)c1ncn2c(=O)n(C)nnc12.COCCOCCSSCCOC(=O)c1ncn2c(=O)n(C)nnc12. The number of carbonyl (C=O) groups excluding carboxylic acids is 2. The van der Waals surface area contributed by atoms with Crippen molar-refractivity contribution in [1.82, 2.24) is 54.1 Å². The molecule has 20 nitrogen and oxygen atoms in total. The van der Waals surface area contributed by atoms with Crippen LogP contribution in [-0.4, -0.2) is 151 Å². The molecule has 4 aromatic heterocycles. The lowest BCUT2D eigenvalue weighted by atomic mass is 10.4. The fraction of sp³-hybridized carbons (Fsp3) is 0.630. The van der Waals surface area contributed by atoms with E-state index in [0.29, 0.717) is 51.9 Å². The Morgan fingerprint density at radius 1 is 0.720 bits per heavy atom. The van der Waals surface area contributed by atoms with Crippen molar-refractivity contribution in [3.63, 3.8) is 0 Å². The van der Waals surface area contributed by atoms with Crippen LogP contribution < -0.4 is 16.7 Å². The Morgan fingerprint density at radius 2 is 1.26 bits per heavy atom. The van der Waals surface area contributed by atoms with Gasteiger partial charge in [0.15, 0.2) is 22.7 Å². The van der Waals surface area contributed by atoms with Crippen LogP contribution in [0.2, 0.25) is 0 Å². The van der Waals surface area contributed by atoms with Crippen molar-refractivity contribution in [3.8, 4) is 0 Å². The zero-order valence-corrected chi connectivity index (χ0v) is 30.7. The van der Waals surface area contributed by atoms with Crippen molar-refractivity contribution in [2.24, 2.45) is 14.1 Å². The number of aryl methyl sites for hydroxylation is 2. The van der Waals surface area contributed by atoms with Gasteiger partial charge in [-0.3, -0.25) is 4.79 Å². The highest BCUT2D eigenvalue weighted by atomic mass is 33.1. The van der Waals surface area contributed by atoms with E-state index in [0.717, 1.165) is 37.4 Å². The highest BCUT2D eigenvalue weighted by Gasteiger charge is 2.19. The van der Waals surface area contributed by atoms with E-state index in [9.17, 15) is 19.2 Å². The van der Waals surface area contributed by atoms with Crippen LogP contribution in [0.5, 0.6) is 0 Å². The highest BCUT2D eigenvalue weighted by molar-refractivity contribution is 8.76. The Morgan fingerprint density at radius 3 is 1.86 bits per heavy atom. The lowest BCUT2D eigenvalue weighted by Gasteiger charge is -2.05. The molecule has 0 saturated carbocycles. The Balaban J connectivity index is 0.000000270. The molecule has 0 saturated heterocycles. The van der Waals surface area contributed by atoms with Gasteiger partial charge in [0.2, 0.25) is 0 Å². The second kappa shape index (κ2) is 23.0. The van der Waals surface area contributed by atoms with Crippen molar-refractivity contribution in [2.45, 2.75) is 6.42 Å². The quantitative estimate of drug-likeness (QED) is 0.0598. The van der Waals surface area contributed by atoms with E-state index in [2.05, 4.69) is 35.9 Å². The molecule has 0 atom stereocenters. The van der Waals surface area contributed by atoms with Crippen LogP contribution in [0.3, 0.4) is 0 Å². The molecule has 0 fully saturated rings.